The van der Waals surface area contributed by atoms with E-state index in [0.29, 0.717) is 16.5 Å². The number of hydrogen-bond acceptors (Lipinski definition) is 0. The zero-order valence-electron chi connectivity index (χ0n) is 15.7. The molecule has 0 unspecified atom stereocenters. The Labute approximate surface area is 160 Å². The predicted octanol–water partition coefficient (Wildman–Crippen LogP) is 7.03. The second kappa shape index (κ2) is 9.33. The van der Waals surface area contributed by atoms with Crippen molar-refractivity contribution in [3.63, 3.8) is 0 Å². The van der Waals surface area contributed by atoms with E-state index in [2.05, 4.69) is 24.8 Å². The Kier molecular flexibility index (Phi) is 6.60. The summed E-state index contributed by atoms with van der Waals surface area (Å²) in [7, 11) is 0. The van der Waals surface area contributed by atoms with E-state index in [1.165, 1.54) is 49.8 Å². The molecule has 0 aliphatic carbocycles. The number of aryl methyl sites for hydroxylation is 1. The van der Waals surface area contributed by atoms with Crippen molar-refractivity contribution in [1.29, 1.82) is 0 Å². The lowest BCUT2D eigenvalue weighted by Crippen LogP contribution is -1.90. The molecule has 0 fully saturated rings. The molecule has 0 aliphatic heterocycles. The number of unbranched alkanes of at least 4 members (excludes halogenated alkanes) is 4. The predicted molar refractivity (Wildman–Crippen MR) is 109 cm³/mol. The fourth-order valence-corrected chi connectivity index (χ4v) is 3.20. The van der Waals surface area contributed by atoms with Crippen LogP contribution in [0.4, 0.5) is 8.78 Å². The fourth-order valence-electron chi connectivity index (χ4n) is 3.20. The van der Waals surface area contributed by atoms with Gasteiger partial charge in [0.2, 0.25) is 0 Å². The number of benzene rings is 3. The summed E-state index contributed by atoms with van der Waals surface area (Å²) in [4.78, 5) is 0. The summed E-state index contributed by atoms with van der Waals surface area (Å²) in [5, 5.41) is 1.50. The smallest absolute Gasteiger partial charge is 0.146 e. The van der Waals surface area contributed by atoms with Gasteiger partial charge in [0.25, 0.3) is 0 Å². The highest BCUT2D eigenvalue weighted by Gasteiger charge is 2.06. The van der Waals surface area contributed by atoms with Crippen molar-refractivity contribution in [3.05, 3.63) is 82.9 Å². The molecule has 0 bridgehead atoms. The standard InChI is InChI=1S/C25H24F2/c1-2-3-4-5-6-7-20-11-17-24-22(18-20)14-13-21(25(24)27)12-8-19-9-15-23(26)16-10-19/h9-11,13-18H,2-7H2,1H3. The summed E-state index contributed by atoms with van der Waals surface area (Å²) in [6, 6.07) is 15.5. The molecule has 0 aliphatic rings. The first kappa shape index (κ1) is 19.1. The topological polar surface area (TPSA) is 0 Å². The summed E-state index contributed by atoms with van der Waals surface area (Å²) < 4.78 is 27.7. The average molecular weight is 362 g/mol. The van der Waals surface area contributed by atoms with E-state index in [9.17, 15) is 8.78 Å². The largest absolute Gasteiger partial charge is 0.207 e. The van der Waals surface area contributed by atoms with Crippen LogP contribution in [0.3, 0.4) is 0 Å². The van der Waals surface area contributed by atoms with Gasteiger partial charge < -0.3 is 0 Å². The van der Waals surface area contributed by atoms with Crippen LogP contribution in [0, 0.1) is 23.5 Å². The molecule has 0 heterocycles. The summed E-state index contributed by atoms with van der Waals surface area (Å²) >= 11 is 0. The van der Waals surface area contributed by atoms with Gasteiger partial charge in [-0.15, -0.1) is 0 Å². The van der Waals surface area contributed by atoms with Crippen LogP contribution in [-0.4, -0.2) is 0 Å². The Morgan fingerprint density at radius 1 is 0.778 bits per heavy atom. The Balaban J connectivity index is 1.75. The molecule has 0 saturated carbocycles. The van der Waals surface area contributed by atoms with Crippen molar-refractivity contribution in [3.8, 4) is 11.8 Å². The van der Waals surface area contributed by atoms with Crippen molar-refractivity contribution in [1.82, 2.24) is 0 Å². The number of fused-ring (bicyclic) bond motifs is 1. The molecule has 0 atom stereocenters. The lowest BCUT2D eigenvalue weighted by atomic mass is 10.00. The first-order valence-corrected chi connectivity index (χ1v) is 9.66. The van der Waals surface area contributed by atoms with Crippen LogP contribution in [0.15, 0.2) is 54.6 Å². The highest BCUT2D eigenvalue weighted by molar-refractivity contribution is 5.85. The maximum absolute atomic E-state index is 14.8. The van der Waals surface area contributed by atoms with Crippen LogP contribution in [-0.2, 0) is 6.42 Å². The van der Waals surface area contributed by atoms with E-state index < -0.39 is 0 Å². The molecular formula is C25H24F2. The first-order valence-electron chi connectivity index (χ1n) is 9.66. The molecular weight excluding hydrogens is 338 g/mol. The van der Waals surface area contributed by atoms with Gasteiger partial charge in [-0.3, -0.25) is 0 Å². The highest BCUT2D eigenvalue weighted by atomic mass is 19.1. The van der Waals surface area contributed by atoms with E-state index >= 15 is 0 Å². The fraction of sp³-hybridized carbons (Fsp3) is 0.280. The van der Waals surface area contributed by atoms with Crippen molar-refractivity contribution in [2.24, 2.45) is 0 Å². The molecule has 2 heteroatoms. The number of rotatable bonds is 6. The van der Waals surface area contributed by atoms with Gasteiger partial charge >= 0.3 is 0 Å². The number of halogens is 2. The van der Waals surface area contributed by atoms with Gasteiger partial charge in [-0.2, -0.15) is 0 Å². The monoisotopic (exact) mass is 362 g/mol. The van der Waals surface area contributed by atoms with Crippen LogP contribution >= 0.6 is 0 Å². The van der Waals surface area contributed by atoms with E-state index in [1.54, 1.807) is 18.2 Å². The van der Waals surface area contributed by atoms with Crippen LogP contribution in [0.2, 0.25) is 0 Å². The normalized spacial score (nSPS) is 10.6. The summed E-state index contributed by atoms with van der Waals surface area (Å²) in [5.74, 6) is 5.15. The van der Waals surface area contributed by atoms with Gasteiger partial charge in [0.05, 0.1) is 5.56 Å². The molecule has 0 radical (unpaired) electrons. The molecule has 3 aromatic rings. The highest BCUT2D eigenvalue weighted by Crippen LogP contribution is 2.23. The van der Waals surface area contributed by atoms with E-state index in [4.69, 9.17) is 0 Å². The van der Waals surface area contributed by atoms with Gasteiger partial charge in [-0.05, 0) is 54.1 Å². The second-order valence-electron chi connectivity index (χ2n) is 6.90. The first-order chi connectivity index (χ1) is 13.2. The minimum Gasteiger partial charge on any atom is -0.207 e. The van der Waals surface area contributed by atoms with Crippen LogP contribution in [0.5, 0.6) is 0 Å². The van der Waals surface area contributed by atoms with Gasteiger partial charge in [0.15, 0.2) is 0 Å². The summed E-state index contributed by atoms with van der Waals surface area (Å²) in [6.45, 7) is 2.22. The summed E-state index contributed by atoms with van der Waals surface area (Å²) in [5.41, 5.74) is 2.28. The zero-order chi connectivity index (χ0) is 19.1. The lowest BCUT2D eigenvalue weighted by molar-refractivity contribution is 0.627. The maximum Gasteiger partial charge on any atom is 0.146 e. The molecule has 0 N–H and O–H groups in total. The molecule has 3 aromatic carbocycles. The molecule has 0 saturated heterocycles. The van der Waals surface area contributed by atoms with Crippen LogP contribution < -0.4 is 0 Å². The second-order valence-corrected chi connectivity index (χ2v) is 6.90. The third-order valence-corrected chi connectivity index (χ3v) is 4.77. The Bertz CT molecular complexity index is 959. The minimum absolute atomic E-state index is 0.295. The van der Waals surface area contributed by atoms with E-state index in [-0.39, 0.29) is 11.6 Å². The van der Waals surface area contributed by atoms with Gasteiger partial charge in [-0.25, -0.2) is 8.78 Å². The molecule has 0 spiro atoms. The van der Waals surface area contributed by atoms with Gasteiger partial charge in [0, 0.05) is 10.9 Å². The molecule has 138 valence electrons. The average Bonchev–Trinajstić information content (AvgIpc) is 2.68. The lowest BCUT2D eigenvalue weighted by Gasteiger charge is -2.06. The van der Waals surface area contributed by atoms with Crippen molar-refractivity contribution < 1.29 is 8.78 Å². The third-order valence-electron chi connectivity index (χ3n) is 4.77. The quantitative estimate of drug-likeness (QED) is 0.326. The maximum atomic E-state index is 14.8. The molecule has 0 aromatic heterocycles. The third kappa shape index (κ3) is 5.17. The van der Waals surface area contributed by atoms with Crippen LogP contribution in [0.25, 0.3) is 10.8 Å². The Morgan fingerprint density at radius 2 is 1.56 bits per heavy atom. The SMILES string of the molecule is CCCCCCCc1ccc2c(F)c(C#Cc3ccc(F)cc3)ccc2c1. The van der Waals surface area contributed by atoms with E-state index in [1.807, 2.05) is 18.2 Å². The molecule has 27 heavy (non-hydrogen) atoms. The van der Waals surface area contributed by atoms with Crippen molar-refractivity contribution in [2.45, 2.75) is 45.4 Å². The zero-order valence-corrected chi connectivity index (χ0v) is 15.7. The summed E-state index contributed by atoms with van der Waals surface area (Å²) in [6.07, 6.45) is 7.29. The van der Waals surface area contributed by atoms with Gasteiger partial charge in [0.1, 0.15) is 11.6 Å². The van der Waals surface area contributed by atoms with E-state index in [0.717, 1.165) is 11.8 Å². The van der Waals surface area contributed by atoms with Crippen molar-refractivity contribution >= 4 is 10.8 Å². The minimum atomic E-state index is -0.307. The van der Waals surface area contributed by atoms with Gasteiger partial charge in [-0.1, -0.05) is 68.7 Å². The molecule has 0 nitrogen and oxygen atoms in total. The Hall–Kier alpha value is -2.66. The van der Waals surface area contributed by atoms with Crippen LogP contribution in [0.1, 0.15) is 55.7 Å². The molecule has 3 rings (SSSR count). The Morgan fingerprint density at radius 3 is 2.33 bits per heavy atom. The number of hydrogen-bond donors (Lipinski definition) is 0. The van der Waals surface area contributed by atoms with Crippen molar-refractivity contribution in [2.75, 3.05) is 0 Å². The molecule has 0 amide bonds.